The van der Waals surface area contributed by atoms with E-state index in [-0.39, 0.29) is 5.56 Å². The van der Waals surface area contributed by atoms with Crippen molar-refractivity contribution in [3.63, 3.8) is 0 Å². The highest BCUT2D eigenvalue weighted by Crippen LogP contribution is 2.43. The number of nitrogens with zero attached hydrogens (tertiary/aromatic N) is 2. The van der Waals surface area contributed by atoms with E-state index < -0.39 is 33.9 Å². The first-order valence-corrected chi connectivity index (χ1v) is 7.88. The van der Waals surface area contributed by atoms with Crippen LogP contribution in [0.25, 0.3) is 0 Å². The maximum atomic E-state index is 13.2. The second-order valence-electron chi connectivity index (χ2n) is 6.32. The summed E-state index contributed by atoms with van der Waals surface area (Å²) < 4.78 is 39.6. The van der Waals surface area contributed by atoms with Crippen LogP contribution >= 0.6 is 0 Å². The molecule has 2 aromatic rings. The molecule has 0 spiro atoms. The standard InChI is InChI=1S/C17H16F3N5O2/c1-9(10-4-11(17(18,19)20)6-13(5-10)25(26)27)16(22)14-7-12(21)2-3-15(14)23-8-24-16/h2-9H,21-22H2,1H3,(H,23,24). The topological polar surface area (TPSA) is 120 Å². The molecule has 3 rings (SSSR count). The maximum absolute atomic E-state index is 13.2. The van der Waals surface area contributed by atoms with Crippen LogP contribution in [0.4, 0.5) is 30.2 Å². The van der Waals surface area contributed by atoms with Gasteiger partial charge in [-0.05, 0) is 29.8 Å². The minimum absolute atomic E-state index is 0.0476. The zero-order valence-corrected chi connectivity index (χ0v) is 14.1. The van der Waals surface area contributed by atoms with Gasteiger partial charge in [-0.1, -0.05) is 6.92 Å². The number of non-ortho nitro benzene ring substituents is 1. The Bertz CT molecular complexity index is 945. The van der Waals surface area contributed by atoms with Gasteiger partial charge in [0, 0.05) is 35.0 Å². The lowest BCUT2D eigenvalue weighted by atomic mass is 9.81. The number of nitrogens with one attached hydrogen (secondary N) is 1. The van der Waals surface area contributed by atoms with E-state index in [0.717, 1.165) is 12.1 Å². The van der Waals surface area contributed by atoms with Crippen molar-refractivity contribution >= 4 is 23.4 Å². The highest BCUT2D eigenvalue weighted by atomic mass is 19.4. The quantitative estimate of drug-likeness (QED) is 0.428. The molecule has 0 aromatic heterocycles. The van der Waals surface area contributed by atoms with Gasteiger partial charge in [0.25, 0.3) is 5.69 Å². The van der Waals surface area contributed by atoms with Crippen LogP contribution in [0.3, 0.4) is 0 Å². The van der Waals surface area contributed by atoms with Crippen molar-refractivity contribution in [2.24, 2.45) is 10.7 Å². The molecule has 7 nitrogen and oxygen atoms in total. The third-order valence-corrected chi connectivity index (χ3v) is 4.61. The van der Waals surface area contributed by atoms with E-state index in [4.69, 9.17) is 11.5 Å². The lowest BCUT2D eigenvalue weighted by Gasteiger charge is -2.36. The monoisotopic (exact) mass is 379 g/mol. The number of hydrogen-bond donors (Lipinski definition) is 3. The molecule has 0 saturated heterocycles. The molecule has 2 aromatic carbocycles. The van der Waals surface area contributed by atoms with Gasteiger partial charge in [0.1, 0.15) is 5.66 Å². The predicted molar refractivity (Wildman–Crippen MR) is 95.3 cm³/mol. The van der Waals surface area contributed by atoms with Crippen molar-refractivity contribution in [3.8, 4) is 0 Å². The average molecular weight is 379 g/mol. The lowest BCUT2D eigenvalue weighted by molar-refractivity contribution is -0.385. The van der Waals surface area contributed by atoms with Crippen molar-refractivity contribution in [2.45, 2.75) is 24.7 Å². The van der Waals surface area contributed by atoms with Gasteiger partial charge in [0.2, 0.25) is 0 Å². The zero-order chi connectivity index (χ0) is 20.0. The second kappa shape index (κ2) is 6.23. The molecule has 0 radical (unpaired) electrons. The van der Waals surface area contributed by atoms with Crippen LogP contribution in [0.5, 0.6) is 0 Å². The second-order valence-corrected chi connectivity index (χ2v) is 6.32. The number of nitro groups is 1. The highest BCUT2D eigenvalue weighted by molar-refractivity contribution is 5.82. The summed E-state index contributed by atoms with van der Waals surface area (Å²) in [5, 5.41) is 14.0. The smallest absolute Gasteiger partial charge is 0.399 e. The van der Waals surface area contributed by atoms with Crippen LogP contribution in [0.15, 0.2) is 41.4 Å². The number of nitro benzene ring substituents is 1. The Morgan fingerprint density at radius 2 is 1.96 bits per heavy atom. The fourth-order valence-corrected chi connectivity index (χ4v) is 3.05. The van der Waals surface area contributed by atoms with Gasteiger partial charge >= 0.3 is 6.18 Å². The summed E-state index contributed by atoms with van der Waals surface area (Å²) in [6.07, 6.45) is -3.39. The molecule has 5 N–H and O–H groups in total. The largest absolute Gasteiger partial charge is 0.416 e. The summed E-state index contributed by atoms with van der Waals surface area (Å²) >= 11 is 0. The van der Waals surface area contributed by atoms with Gasteiger partial charge in [0.05, 0.1) is 16.8 Å². The number of hydrogen-bond acceptors (Lipinski definition) is 6. The van der Waals surface area contributed by atoms with Gasteiger partial charge < -0.3 is 16.8 Å². The first-order valence-electron chi connectivity index (χ1n) is 7.88. The Kier molecular flexibility index (Phi) is 4.31. The third-order valence-electron chi connectivity index (χ3n) is 4.61. The average Bonchev–Trinajstić information content (AvgIpc) is 2.60. The Labute approximate surface area is 152 Å². The molecule has 10 heteroatoms. The maximum Gasteiger partial charge on any atom is 0.416 e. The summed E-state index contributed by atoms with van der Waals surface area (Å²) in [6, 6.07) is 7.34. The van der Waals surface area contributed by atoms with Gasteiger partial charge in [-0.15, -0.1) is 0 Å². The SMILES string of the molecule is CC(c1cc([N+](=O)[O-])cc(C(F)(F)F)c1)C1(N)N=CNc2ccc(N)cc21. The Balaban J connectivity index is 2.16. The summed E-state index contributed by atoms with van der Waals surface area (Å²) in [5.74, 6) is -0.808. The predicted octanol–water partition coefficient (Wildman–Crippen LogP) is 3.56. The molecule has 27 heavy (non-hydrogen) atoms. The molecule has 0 amide bonds. The van der Waals surface area contributed by atoms with Crippen molar-refractivity contribution in [2.75, 3.05) is 11.1 Å². The molecule has 0 fully saturated rings. The summed E-state index contributed by atoms with van der Waals surface area (Å²) in [5.41, 5.74) is 10.6. The molecule has 0 saturated carbocycles. The fraction of sp³-hybridized carbons (Fsp3) is 0.235. The van der Waals surface area contributed by atoms with Gasteiger partial charge in [-0.25, -0.2) is 4.99 Å². The van der Waals surface area contributed by atoms with E-state index in [1.54, 1.807) is 25.1 Å². The van der Waals surface area contributed by atoms with E-state index in [0.29, 0.717) is 23.0 Å². The lowest BCUT2D eigenvalue weighted by Crippen LogP contribution is -2.43. The van der Waals surface area contributed by atoms with Gasteiger partial charge in [-0.2, -0.15) is 13.2 Å². The molecular weight excluding hydrogens is 363 g/mol. The number of anilines is 2. The summed E-state index contributed by atoms with van der Waals surface area (Å²) in [7, 11) is 0. The minimum Gasteiger partial charge on any atom is -0.399 e. The van der Waals surface area contributed by atoms with Crippen molar-refractivity contribution < 1.29 is 18.1 Å². The number of nitrogen functional groups attached to an aromatic ring is 1. The molecule has 1 aliphatic rings. The van der Waals surface area contributed by atoms with Crippen LogP contribution in [-0.4, -0.2) is 11.3 Å². The summed E-state index contributed by atoms with van der Waals surface area (Å²) in [6.45, 7) is 1.56. The van der Waals surface area contributed by atoms with E-state index in [9.17, 15) is 23.3 Å². The fourth-order valence-electron chi connectivity index (χ4n) is 3.05. The Morgan fingerprint density at radius 1 is 1.26 bits per heavy atom. The van der Waals surface area contributed by atoms with Crippen LogP contribution in [0.1, 0.15) is 29.5 Å². The first-order chi connectivity index (χ1) is 12.5. The number of alkyl halides is 3. The normalized spacial score (nSPS) is 19.9. The number of rotatable bonds is 3. The molecule has 0 aliphatic carbocycles. The molecule has 1 heterocycles. The number of halogens is 3. The first kappa shape index (κ1) is 18.6. The van der Waals surface area contributed by atoms with E-state index in [1.165, 1.54) is 6.34 Å². The molecule has 142 valence electrons. The van der Waals surface area contributed by atoms with Crippen LogP contribution in [0, 0.1) is 10.1 Å². The van der Waals surface area contributed by atoms with Gasteiger partial charge in [-0.3, -0.25) is 10.1 Å². The van der Waals surface area contributed by atoms with Crippen LogP contribution in [-0.2, 0) is 11.8 Å². The van der Waals surface area contributed by atoms with E-state index in [1.807, 2.05) is 0 Å². The van der Waals surface area contributed by atoms with E-state index in [2.05, 4.69) is 10.3 Å². The Morgan fingerprint density at radius 3 is 2.59 bits per heavy atom. The zero-order valence-electron chi connectivity index (χ0n) is 14.1. The molecule has 2 unspecified atom stereocenters. The van der Waals surface area contributed by atoms with Gasteiger partial charge in [0.15, 0.2) is 0 Å². The number of fused-ring (bicyclic) bond motifs is 1. The van der Waals surface area contributed by atoms with Crippen molar-refractivity contribution in [3.05, 3.63) is 63.2 Å². The van der Waals surface area contributed by atoms with Crippen LogP contribution < -0.4 is 16.8 Å². The third kappa shape index (κ3) is 3.31. The molecule has 0 bridgehead atoms. The highest BCUT2D eigenvalue weighted by Gasteiger charge is 2.40. The molecule has 2 atom stereocenters. The summed E-state index contributed by atoms with van der Waals surface area (Å²) in [4.78, 5) is 14.5. The minimum atomic E-state index is -4.73. The van der Waals surface area contributed by atoms with Crippen LogP contribution in [0.2, 0.25) is 0 Å². The number of nitrogens with two attached hydrogens (primary N) is 2. The molecule has 1 aliphatic heterocycles. The van der Waals surface area contributed by atoms with E-state index >= 15 is 0 Å². The number of benzene rings is 2. The van der Waals surface area contributed by atoms with Crippen molar-refractivity contribution in [1.29, 1.82) is 0 Å². The number of aliphatic imine (C=N–C) groups is 1. The van der Waals surface area contributed by atoms with Crippen molar-refractivity contribution in [1.82, 2.24) is 0 Å². The Hall–Kier alpha value is -3.14. The molecular formula is C17H16F3N5O2.